The lowest BCUT2D eigenvalue weighted by Crippen LogP contribution is -2.17. The molecule has 0 saturated heterocycles. The van der Waals surface area contributed by atoms with Gasteiger partial charge in [-0.1, -0.05) is 434 Å². The topological polar surface area (TPSA) is 19.7 Å². The van der Waals surface area contributed by atoms with Crippen LogP contribution in [0.4, 0.5) is 0 Å². The van der Waals surface area contributed by atoms with Crippen molar-refractivity contribution >= 4 is 87.2 Å². The first-order valence-corrected chi connectivity index (χ1v) is 50.2. The van der Waals surface area contributed by atoms with Gasteiger partial charge in [-0.05, 0) is 275 Å². The normalized spacial score (nSPS) is 14.0. The van der Waals surface area contributed by atoms with Crippen LogP contribution >= 0.6 is 0 Å². The monoisotopic (exact) mass is 1840 g/mol. The second kappa shape index (κ2) is 35.1. The highest BCUT2D eigenvalue weighted by Gasteiger charge is 2.36. The summed E-state index contributed by atoms with van der Waals surface area (Å²) in [6.07, 6.45) is 0. The Balaban J connectivity index is 0.000000154. The molecule has 0 saturated carbocycles. The minimum Gasteiger partial charge on any atom is -0.309 e. The predicted molar refractivity (Wildman–Crippen MR) is 609 cm³/mol. The maximum absolute atomic E-state index is 9.01. The van der Waals surface area contributed by atoms with Gasteiger partial charge >= 0.3 is 0 Å². The van der Waals surface area contributed by atoms with Crippen LogP contribution in [0.5, 0.6) is 0 Å². The molecule has 0 amide bonds. The Hall–Kier alpha value is -12.5. The summed E-state index contributed by atoms with van der Waals surface area (Å²) in [5, 5.41) is 9.25. The number of aromatic nitrogens is 4. The molecule has 712 valence electrons. The molecule has 15 aromatic carbocycles. The summed E-state index contributed by atoms with van der Waals surface area (Å²) in [6.45, 7) is 77.2. The van der Waals surface area contributed by atoms with E-state index in [-0.39, 0.29) is 120 Å². The maximum atomic E-state index is 9.01. The summed E-state index contributed by atoms with van der Waals surface area (Å²) in [5.74, 6) is 0. The van der Waals surface area contributed by atoms with E-state index in [2.05, 4.69) is 465 Å². The van der Waals surface area contributed by atoms with Gasteiger partial charge in [0.15, 0.2) is 0 Å². The molecular formula is C135H152N4. The van der Waals surface area contributed by atoms with Crippen molar-refractivity contribution in [3.8, 4) is 67.3 Å². The summed E-state index contributed by atoms with van der Waals surface area (Å²) in [6, 6.07) is 90.1. The van der Waals surface area contributed by atoms with E-state index in [9.17, 15) is 0 Å². The van der Waals surface area contributed by atoms with Crippen LogP contribution in [0.1, 0.15) is 308 Å². The molecule has 4 aromatic heterocycles. The van der Waals surface area contributed by atoms with Crippen molar-refractivity contribution in [3.05, 3.63) is 370 Å². The second-order valence-electron chi connectivity index (χ2n) is 50.6. The summed E-state index contributed by atoms with van der Waals surface area (Å²) < 4.78 is 87.9. The van der Waals surface area contributed by atoms with Crippen LogP contribution in [0, 0.1) is 6.92 Å². The molecule has 0 N–H and O–H groups in total. The third-order valence-electron chi connectivity index (χ3n) is 28.4. The molecular weight excluding hydrogens is 1680 g/mol. The lowest BCUT2D eigenvalue weighted by molar-refractivity contribution is 0.567. The van der Waals surface area contributed by atoms with Gasteiger partial charge in [-0.2, -0.15) is 0 Å². The summed E-state index contributed by atoms with van der Waals surface area (Å²) in [5.41, 5.74) is 34.0. The van der Waals surface area contributed by atoms with Crippen molar-refractivity contribution < 1.29 is 12.3 Å². The Kier molecular flexibility index (Phi) is 21.9. The maximum Gasteiger partial charge on any atom is 0.0632 e. The zero-order chi connectivity index (χ0) is 108. The van der Waals surface area contributed by atoms with Crippen LogP contribution < -0.4 is 0 Å². The standard InChI is InChI=1S/C56H64N2.C42H45N.C37H43N/c1-52(2,3)36-24-26-44-42(33-36)43-34-37(53(4,5)6)25-27-45(43)58(44)48-29-28-47-50(51(48)56(13,14)15)49-41(35-20-17-16-18-21-35)22-19-23-46(49)57(47)40-31-38(54(7,8)9)30-39(32-40)55(10,11)12;1-40(2,3)30-25-31(41(4,5)6)27-32(26-30)43-35-22-16-21-33(28-17-12-10-13-18-28)37(35)38-36(43)24-23-34(39(38)42(7,8)9)29-19-14-11-15-20-29;1-24-14-11-15-25(20-24)29-16-12-18-31-33(29)34-30(37(8,9)10)17-13-19-32(34)38(31)28-22-26(35(2,3)4)21-27(23-28)36(5,6)7/h16-34H,1-15H3;10-27H,1-9H3;11-23H,1-10H3/i;10D,12D,13D,17D,18D;11D,14D,15D,20D. The number of rotatable bonds is 8. The first-order chi connectivity index (χ1) is 68.6. The van der Waals surface area contributed by atoms with E-state index < -0.39 is 0 Å². The van der Waals surface area contributed by atoms with Gasteiger partial charge in [0.05, 0.1) is 62.2 Å². The Morgan fingerprint density at radius 2 is 0.518 bits per heavy atom. The molecule has 0 aliphatic carbocycles. The molecule has 0 aliphatic rings. The molecule has 0 aliphatic heterocycles. The molecule has 139 heavy (non-hydrogen) atoms. The zero-order valence-corrected chi connectivity index (χ0v) is 89.5. The molecule has 4 heteroatoms. The fourth-order valence-electron chi connectivity index (χ4n) is 20.7. The number of hydrogen-bond acceptors (Lipinski definition) is 0. The Labute approximate surface area is 844 Å². The van der Waals surface area contributed by atoms with Gasteiger partial charge in [-0.3, -0.25) is 0 Å². The van der Waals surface area contributed by atoms with Crippen molar-refractivity contribution in [2.24, 2.45) is 0 Å². The van der Waals surface area contributed by atoms with E-state index in [1.807, 2.05) is 30.3 Å². The van der Waals surface area contributed by atoms with Gasteiger partial charge in [0.1, 0.15) is 0 Å². The highest BCUT2D eigenvalue weighted by Crippen LogP contribution is 2.53. The third kappa shape index (κ3) is 18.8. The van der Waals surface area contributed by atoms with Crippen molar-refractivity contribution in [2.75, 3.05) is 0 Å². The van der Waals surface area contributed by atoms with E-state index in [1.54, 1.807) is 6.92 Å². The highest BCUT2D eigenvalue weighted by atomic mass is 15.0. The molecule has 0 bridgehead atoms. The predicted octanol–water partition coefficient (Wildman–Crippen LogP) is 38.7. The van der Waals surface area contributed by atoms with Crippen LogP contribution in [0.2, 0.25) is 0 Å². The smallest absolute Gasteiger partial charge is 0.0632 e. The number of hydrogen-bond donors (Lipinski definition) is 0. The fraction of sp³-hybridized carbons (Fsp3) is 0.333. The van der Waals surface area contributed by atoms with E-state index >= 15 is 0 Å². The van der Waals surface area contributed by atoms with Crippen molar-refractivity contribution in [2.45, 2.75) is 295 Å². The Morgan fingerprint density at radius 3 is 0.892 bits per heavy atom. The van der Waals surface area contributed by atoms with Crippen LogP contribution in [0.25, 0.3) is 154 Å². The highest BCUT2D eigenvalue weighted by molar-refractivity contribution is 6.22. The van der Waals surface area contributed by atoms with Gasteiger partial charge in [0, 0.05) is 60.2 Å². The third-order valence-corrected chi connectivity index (χ3v) is 28.4. The molecule has 0 radical (unpaired) electrons. The molecule has 0 fully saturated rings. The fourth-order valence-corrected chi connectivity index (χ4v) is 20.7. The molecule has 0 atom stereocenters. The van der Waals surface area contributed by atoms with Crippen LogP contribution in [-0.2, 0) is 59.6 Å². The minimum atomic E-state index is -0.390. The summed E-state index contributed by atoms with van der Waals surface area (Å²) in [4.78, 5) is 0. The van der Waals surface area contributed by atoms with Gasteiger partial charge in [-0.15, -0.1) is 0 Å². The zero-order valence-electron chi connectivity index (χ0n) is 98.5. The largest absolute Gasteiger partial charge is 0.309 e. The van der Waals surface area contributed by atoms with Crippen molar-refractivity contribution in [1.29, 1.82) is 0 Å². The van der Waals surface area contributed by atoms with Crippen LogP contribution in [0.3, 0.4) is 0 Å². The first kappa shape index (κ1) is 86.8. The van der Waals surface area contributed by atoms with Gasteiger partial charge in [0.25, 0.3) is 0 Å². The second-order valence-corrected chi connectivity index (χ2v) is 50.6. The van der Waals surface area contributed by atoms with Crippen LogP contribution in [-0.4, -0.2) is 18.3 Å². The van der Waals surface area contributed by atoms with Gasteiger partial charge in [-0.25, -0.2) is 0 Å². The molecule has 4 heterocycles. The quantitative estimate of drug-likeness (QED) is 0.144. The Morgan fingerprint density at radius 1 is 0.201 bits per heavy atom. The van der Waals surface area contributed by atoms with Crippen LogP contribution in [0.15, 0.2) is 303 Å². The van der Waals surface area contributed by atoms with E-state index in [0.29, 0.717) is 16.7 Å². The average Bonchev–Trinajstić information content (AvgIpc) is 1.54. The summed E-state index contributed by atoms with van der Waals surface area (Å²) in [7, 11) is 0. The number of fused-ring (bicyclic) bond motifs is 12. The van der Waals surface area contributed by atoms with Gasteiger partial charge in [0.2, 0.25) is 0 Å². The molecule has 0 spiro atoms. The van der Waals surface area contributed by atoms with Crippen molar-refractivity contribution in [3.63, 3.8) is 0 Å². The van der Waals surface area contributed by atoms with E-state index in [4.69, 9.17) is 12.3 Å². The van der Waals surface area contributed by atoms with E-state index in [1.165, 1.54) is 122 Å². The number of nitrogens with zero attached hydrogens (tertiary/aromatic N) is 4. The molecule has 0 unspecified atom stereocenters. The van der Waals surface area contributed by atoms with Crippen molar-refractivity contribution in [1.82, 2.24) is 18.3 Å². The lowest BCUT2D eigenvalue weighted by Gasteiger charge is -2.27. The molecule has 19 aromatic rings. The Bertz CT molecular complexity index is 8310. The summed E-state index contributed by atoms with van der Waals surface area (Å²) >= 11 is 0. The minimum absolute atomic E-state index is 0.00997. The SMILES string of the molecule is CC(C)(C)c1cc(-n2c3cccc(-c4ccccc4)c3c3c(C(C)(C)C)c(-n4c5ccc(C(C)(C)C)cc5c5cc(C(C)(C)C)ccc54)ccc32)cc(C(C)(C)C)c1.[2H]c1c([2H])c(C)c([2H])c(-c2cccc3c2c2c(C(C)(C)C)cccc2n3-c2cc(C(C)(C)C)cc(C(C)(C)C)c2)c1[2H].[2H]c1c([2H])c([2H])c(-c2cccc3c2c2c(C(C)(C)C)c(-c4ccccc4)ccc2n3-c2cc(C(C)(C)C)cc(C(C)(C)C)c2)c([2H])c1[2H]. The van der Waals surface area contributed by atoms with Gasteiger partial charge < -0.3 is 18.3 Å². The number of benzene rings is 15. The van der Waals surface area contributed by atoms with E-state index in [0.717, 1.165) is 77.2 Å². The first-order valence-electron chi connectivity index (χ1n) is 54.7. The molecule has 19 rings (SSSR count). The lowest BCUT2D eigenvalue weighted by atomic mass is 9.78. The average molecular weight is 1840 g/mol. The molecule has 4 nitrogen and oxygen atoms in total.